The van der Waals surface area contributed by atoms with E-state index in [0.29, 0.717) is 12.1 Å². The first kappa shape index (κ1) is 20.1. The Kier molecular flexibility index (Phi) is 5.81. The zero-order valence-corrected chi connectivity index (χ0v) is 17.5. The van der Waals surface area contributed by atoms with Gasteiger partial charge in [0.15, 0.2) is 0 Å². The number of benzene rings is 3. The van der Waals surface area contributed by atoms with E-state index in [0.717, 1.165) is 23.1 Å². The van der Waals surface area contributed by atoms with Gasteiger partial charge in [-0.1, -0.05) is 83.5 Å². The summed E-state index contributed by atoms with van der Waals surface area (Å²) in [6.45, 7) is 1.90. The average molecular weight is 418 g/mol. The van der Waals surface area contributed by atoms with Gasteiger partial charge in [0.25, 0.3) is 0 Å². The molecular weight excluding hydrogens is 394 g/mol. The molecule has 0 bridgehead atoms. The summed E-state index contributed by atoms with van der Waals surface area (Å²) in [5.41, 5.74) is 5.02. The Morgan fingerprint density at radius 1 is 0.833 bits per heavy atom. The van der Waals surface area contributed by atoms with E-state index in [1.807, 2.05) is 49.4 Å². The Hall–Kier alpha value is -3.18. The number of aryl methyl sites for hydroxylation is 1. The van der Waals surface area contributed by atoms with Gasteiger partial charge in [0.05, 0.1) is 5.71 Å². The molecule has 1 unspecified atom stereocenters. The maximum absolute atomic E-state index is 12.5. The first-order valence-corrected chi connectivity index (χ1v) is 11.3. The van der Waals surface area contributed by atoms with Crippen molar-refractivity contribution in [3.05, 3.63) is 108 Å². The SMILES string of the molecule is Cc1ccc(S(=O)(=O)O/N=C2/C=C(c3ccccc3)CC(c3ccccc3)C2)cc1. The summed E-state index contributed by atoms with van der Waals surface area (Å²) in [5, 5.41) is 4.06. The van der Waals surface area contributed by atoms with Crippen molar-refractivity contribution in [1.29, 1.82) is 0 Å². The normalized spacial score (nSPS) is 18.1. The molecular formula is C25H23NO3S. The minimum atomic E-state index is -3.96. The number of oxime groups is 1. The topological polar surface area (TPSA) is 55.7 Å². The van der Waals surface area contributed by atoms with Gasteiger partial charge >= 0.3 is 10.1 Å². The lowest BCUT2D eigenvalue weighted by atomic mass is 9.81. The Balaban J connectivity index is 1.65. The molecule has 0 saturated carbocycles. The zero-order valence-electron chi connectivity index (χ0n) is 16.7. The van der Waals surface area contributed by atoms with Gasteiger partial charge in [-0.3, -0.25) is 4.28 Å². The molecule has 1 aliphatic rings. The fourth-order valence-electron chi connectivity index (χ4n) is 3.63. The van der Waals surface area contributed by atoms with Crippen molar-refractivity contribution < 1.29 is 12.7 Å². The number of hydrogen-bond donors (Lipinski definition) is 0. The highest BCUT2D eigenvalue weighted by atomic mass is 32.2. The molecule has 0 aliphatic heterocycles. The first-order valence-electron chi connectivity index (χ1n) is 9.89. The lowest BCUT2D eigenvalue weighted by molar-refractivity contribution is 0.337. The summed E-state index contributed by atoms with van der Waals surface area (Å²) in [5.74, 6) is 0.204. The summed E-state index contributed by atoms with van der Waals surface area (Å²) in [4.78, 5) is 0.0973. The van der Waals surface area contributed by atoms with Gasteiger partial charge in [-0.25, -0.2) is 0 Å². The molecule has 3 aromatic carbocycles. The van der Waals surface area contributed by atoms with E-state index in [9.17, 15) is 8.42 Å². The van der Waals surface area contributed by atoms with Gasteiger partial charge in [0.2, 0.25) is 0 Å². The molecule has 4 nitrogen and oxygen atoms in total. The second kappa shape index (κ2) is 8.67. The van der Waals surface area contributed by atoms with Crippen molar-refractivity contribution >= 4 is 21.4 Å². The van der Waals surface area contributed by atoms with E-state index >= 15 is 0 Å². The highest BCUT2D eigenvalue weighted by Gasteiger charge is 2.23. The summed E-state index contributed by atoms with van der Waals surface area (Å²) in [6.07, 6.45) is 3.42. The van der Waals surface area contributed by atoms with Crippen LogP contribution in [0.1, 0.15) is 35.4 Å². The van der Waals surface area contributed by atoms with Gasteiger partial charge in [-0.05, 0) is 54.2 Å². The third-order valence-corrected chi connectivity index (χ3v) is 6.36. The minimum Gasteiger partial charge on any atom is -0.265 e. The summed E-state index contributed by atoms with van der Waals surface area (Å²) in [7, 11) is -3.96. The maximum Gasteiger partial charge on any atom is 0.358 e. The minimum absolute atomic E-state index is 0.0973. The van der Waals surface area contributed by atoms with Crippen LogP contribution in [0.3, 0.4) is 0 Å². The molecule has 0 amide bonds. The smallest absolute Gasteiger partial charge is 0.265 e. The highest BCUT2D eigenvalue weighted by Crippen LogP contribution is 2.36. The van der Waals surface area contributed by atoms with E-state index < -0.39 is 10.1 Å². The molecule has 4 rings (SSSR count). The van der Waals surface area contributed by atoms with Gasteiger partial charge in [0.1, 0.15) is 4.90 Å². The van der Waals surface area contributed by atoms with Crippen molar-refractivity contribution in [3.8, 4) is 0 Å². The molecule has 5 heteroatoms. The van der Waals surface area contributed by atoms with Crippen LogP contribution in [-0.4, -0.2) is 14.1 Å². The summed E-state index contributed by atoms with van der Waals surface area (Å²) < 4.78 is 30.2. The molecule has 152 valence electrons. The summed E-state index contributed by atoms with van der Waals surface area (Å²) >= 11 is 0. The van der Waals surface area contributed by atoms with Crippen LogP contribution in [0.5, 0.6) is 0 Å². The number of nitrogens with zero attached hydrogens (tertiary/aromatic N) is 1. The van der Waals surface area contributed by atoms with Crippen molar-refractivity contribution in [1.82, 2.24) is 0 Å². The molecule has 1 atom stereocenters. The van der Waals surface area contributed by atoms with Crippen LogP contribution in [0.2, 0.25) is 0 Å². The van der Waals surface area contributed by atoms with E-state index in [4.69, 9.17) is 4.28 Å². The van der Waals surface area contributed by atoms with Gasteiger partial charge in [-0.2, -0.15) is 8.42 Å². The largest absolute Gasteiger partial charge is 0.358 e. The van der Waals surface area contributed by atoms with Crippen LogP contribution < -0.4 is 0 Å². The molecule has 30 heavy (non-hydrogen) atoms. The van der Waals surface area contributed by atoms with Crippen LogP contribution in [0, 0.1) is 6.92 Å². The molecule has 0 saturated heterocycles. The quantitative estimate of drug-likeness (QED) is 0.499. The monoisotopic (exact) mass is 417 g/mol. The molecule has 0 aromatic heterocycles. The fourth-order valence-corrected chi connectivity index (χ4v) is 4.38. The number of rotatable bonds is 5. The van der Waals surface area contributed by atoms with Crippen LogP contribution in [0.25, 0.3) is 5.57 Å². The van der Waals surface area contributed by atoms with Gasteiger partial charge in [-0.15, -0.1) is 0 Å². The number of allylic oxidation sites excluding steroid dienone is 2. The Labute approximate surface area is 177 Å². The van der Waals surface area contributed by atoms with Crippen LogP contribution in [0.4, 0.5) is 0 Å². The molecule has 1 aliphatic carbocycles. The fraction of sp³-hybridized carbons (Fsp3) is 0.160. The zero-order chi connectivity index (χ0) is 21.0. The highest BCUT2D eigenvalue weighted by molar-refractivity contribution is 7.86. The van der Waals surface area contributed by atoms with E-state index in [2.05, 4.69) is 29.4 Å². The lowest BCUT2D eigenvalue weighted by Crippen LogP contribution is -2.14. The lowest BCUT2D eigenvalue weighted by Gasteiger charge is -2.24. The van der Waals surface area contributed by atoms with Gasteiger partial charge in [0, 0.05) is 6.42 Å². The first-order chi connectivity index (χ1) is 14.5. The average Bonchev–Trinajstić information content (AvgIpc) is 2.79. The molecule has 0 radical (unpaired) electrons. The van der Waals surface area contributed by atoms with Crippen molar-refractivity contribution in [2.24, 2.45) is 5.16 Å². The van der Waals surface area contributed by atoms with E-state index in [1.165, 1.54) is 17.7 Å². The standard InChI is InChI=1S/C25H23NO3S/c1-19-12-14-25(15-13-19)30(27,28)29-26-24-17-22(20-8-4-2-5-9-20)16-23(18-24)21-10-6-3-7-11-21/h2-15,17,23H,16,18H2,1H3/b26-24-. The molecule has 0 heterocycles. The second-order valence-corrected chi connectivity index (χ2v) is 9.00. The predicted octanol–water partition coefficient (Wildman–Crippen LogP) is 5.72. The molecule has 3 aromatic rings. The maximum atomic E-state index is 12.5. The van der Waals surface area contributed by atoms with Crippen LogP contribution in [-0.2, 0) is 14.4 Å². The number of hydrogen-bond acceptors (Lipinski definition) is 4. The van der Waals surface area contributed by atoms with Crippen molar-refractivity contribution in [2.45, 2.75) is 30.6 Å². The van der Waals surface area contributed by atoms with E-state index in [1.54, 1.807) is 12.1 Å². The van der Waals surface area contributed by atoms with Crippen LogP contribution >= 0.6 is 0 Å². The second-order valence-electron chi connectivity index (χ2n) is 7.48. The summed E-state index contributed by atoms with van der Waals surface area (Å²) in [6, 6.07) is 26.9. The third-order valence-electron chi connectivity index (χ3n) is 5.24. The molecule has 0 fully saturated rings. The molecule has 0 N–H and O–H groups in total. The predicted molar refractivity (Wildman–Crippen MR) is 120 cm³/mol. The van der Waals surface area contributed by atoms with Crippen LogP contribution in [0.15, 0.2) is 101 Å². The van der Waals surface area contributed by atoms with Gasteiger partial charge < -0.3 is 0 Å². The Morgan fingerprint density at radius 3 is 2.13 bits per heavy atom. The van der Waals surface area contributed by atoms with Crippen molar-refractivity contribution in [2.75, 3.05) is 0 Å². The molecule has 0 spiro atoms. The van der Waals surface area contributed by atoms with Crippen molar-refractivity contribution in [3.63, 3.8) is 0 Å². The Morgan fingerprint density at radius 2 is 1.47 bits per heavy atom. The van der Waals surface area contributed by atoms with E-state index in [-0.39, 0.29) is 10.8 Å². The third kappa shape index (κ3) is 4.69. The Bertz CT molecular complexity index is 1170.